The Hall–Kier alpha value is -0.870. The lowest BCUT2D eigenvalue weighted by molar-refractivity contribution is -0.173. The van der Waals surface area contributed by atoms with Gasteiger partial charge in [-0.3, -0.25) is 4.79 Å². The third-order valence-electron chi connectivity index (χ3n) is 4.85. The normalized spacial score (nSPS) is 41.0. The highest BCUT2D eigenvalue weighted by Crippen LogP contribution is 2.43. The molecule has 2 aliphatic rings. The number of aliphatic hydroxyl groups excluding tert-OH is 1. The molecule has 1 saturated heterocycles. The van der Waals surface area contributed by atoms with Crippen LogP contribution in [0.3, 0.4) is 0 Å². The summed E-state index contributed by atoms with van der Waals surface area (Å²) in [7, 11) is 0. The van der Waals surface area contributed by atoms with E-state index in [-0.39, 0.29) is 29.6 Å². The van der Waals surface area contributed by atoms with Crippen LogP contribution in [0.4, 0.5) is 0 Å². The molecule has 114 valence electrons. The molecule has 5 atom stereocenters. The van der Waals surface area contributed by atoms with Crippen LogP contribution in [0.2, 0.25) is 0 Å². The molecule has 1 aliphatic carbocycles. The van der Waals surface area contributed by atoms with Crippen LogP contribution in [0.5, 0.6) is 0 Å². The number of carbonyl (C=O) groups excluding carboxylic acids is 1. The first-order valence-corrected chi connectivity index (χ1v) is 7.53. The molecule has 1 amide bonds. The van der Waals surface area contributed by atoms with Gasteiger partial charge in [-0.15, -0.1) is 0 Å². The van der Waals surface area contributed by atoms with Gasteiger partial charge < -0.3 is 15.2 Å². The lowest BCUT2D eigenvalue weighted by Crippen LogP contribution is -2.64. The quantitative estimate of drug-likeness (QED) is 0.761. The standard InChI is InChI=1S/C16H27NO3/c1-9(2)13-8-16(5,17-11(4)18)12-7-6-10(3)14(19)15(12)20-13/h6,9,12-15,19H,7-8H2,1-5H3,(H,17,18)/t12-,13+,14-,15-,16+/m1/s1. The van der Waals surface area contributed by atoms with Gasteiger partial charge in [-0.05, 0) is 38.2 Å². The van der Waals surface area contributed by atoms with Crippen LogP contribution in [-0.4, -0.2) is 34.9 Å². The van der Waals surface area contributed by atoms with Crippen molar-refractivity contribution in [1.29, 1.82) is 0 Å². The number of nitrogens with one attached hydrogen (secondary N) is 1. The predicted octanol–water partition coefficient (Wildman–Crippen LogP) is 2.02. The van der Waals surface area contributed by atoms with Gasteiger partial charge in [0.2, 0.25) is 5.91 Å². The largest absolute Gasteiger partial charge is 0.386 e. The minimum Gasteiger partial charge on any atom is -0.386 e. The molecule has 2 rings (SSSR count). The molecule has 1 heterocycles. The summed E-state index contributed by atoms with van der Waals surface area (Å²) in [4.78, 5) is 11.6. The van der Waals surface area contributed by atoms with Gasteiger partial charge in [0.15, 0.2) is 0 Å². The molecule has 0 spiro atoms. The monoisotopic (exact) mass is 281 g/mol. The van der Waals surface area contributed by atoms with E-state index in [2.05, 4.69) is 32.2 Å². The highest BCUT2D eigenvalue weighted by atomic mass is 16.5. The molecule has 0 aromatic heterocycles. The van der Waals surface area contributed by atoms with Crippen LogP contribution in [0.1, 0.15) is 47.5 Å². The van der Waals surface area contributed by atoms with Gasteiger partial charge in [0.05, 0.1) is 12.2 Å². The molecule has 1 aliphatic heterocycles. The van der Waals surface area contributed by atoms with Crippen molar-refractivity contribution in [3.8, 4) is 0 Å². The van der Waals surface area contributed by atoms with E-state index in [1.807, 2.05) is 6.92 Å². The molecule has 0 bridgehead atoms. The molecule has 20 heavy (non-hydrogen) atoms. The topological polar surface area (TPSA) is 58.6 Å². The Morgan fingerprint density at radius 1 is 1.55 bits per heavy atom. The van der Waals surface area contributed by atoms with E-state index in [0.717, 1.165) is 18.4 Å². The van der Waals surface area contributed by atoms with E-state index >= 15 is 0 Å². The fraction of sp³-hybridized carbons (Fsp3) is 0.812. The Morgan fingerprint density at radius 3 is 2.75 bits per heavy atom. The molecule has 0 aromatic carbocycles. The molecule has 2 N–H and O–H groups in total. The second-order valence-electron chi connectivity index (χ2n) is 6.92. The van der Waals surface area contributed by atoms with Gasteiger partial charge in [0.25, 0.3) is 0 Å². The molecular formula is C16H27NO3. The average molecular weight is 281 g/mol. The van der Waals surface area contributed by atoms with Crippen LogP contribution in [0, 0.1) is 11.8 Å². The summed E-state index contributed by atoms with van der Waals surface area (Å²) in [6, 6.07) is 0. The lowest BCUT2D eigenvalue weighted by atomic mass is 9.68. The Balaban J connectivity index is 2.33. The van der Waals surface area contributed by atoms with Crippen molar-refractivity contribution in [3.63, 3.8) is 0 Å². The van der Waals surface area contributed by atoms with Gasteiger partial charge in [-0.2, -0.15) is 0 Å². The number of ether oxygens (including phenoxy) is 1. The van der Waals surface area contributed by atoms with E-state index in [1.165, 1.54) is 0 Å². The first-order valence-electron chi connectivity index (χ1n) is 7.53. The smallest absolute Gasteiger partial charge is 0.217 e. The fourth-order valence-electron chi connectivity index (χ4n) is 3.60. The van der Waals surface area contributed by atoms with Crippen molar-refractivity contribution >= 4 is 5.91 Å². The van der Waals surface area contributed by atoms with Gasteiger partial charge in [-0.1, -0.05) is 19.9 Å². The number of aliphatic hydroxyl groups is 1. The first kappa shape index (κ1) is 15.5. The molecule has 0 radical (unpaired) electrons. The third kappa shape index (κ3) is 2.77. The van der Waals surface area contributed by atoms with Crippen molar-refractivity contribution < 1.29 is 14.6 Å². The Labute approximate surface area is 121 Å². The molecule has 4 heteroatoms. The van der Waals surface area contributed by atoms with E-state index in [0.29, 0.717) is 5.92 Å². The zero-order valence-electron chi connectivity index (χ0n) is 13.1. The zero-order valence-corrected chi connectivity index (χ0v) is 13.1. The summed E-state index contributed by atoms with van der Waals surface area (Å²) in [6.45, 7) is 9.83. The summed E-state index contributed by atoms with van der Waals surface area (Å²) in [5, 5.41) is 13.6. The number of rotatable bonds is 2. The van der Waals surface area contributed by atoms with Crippen molar-refractivity contribution in [2.24, 2.45) is 11.8 Å². The van der Waals surface area contributed by atoms with Gasteiger partial charge >= 0.3 is 0 Å². The Kier molecular flexibility index (Phi) is 4.26. The first-order chi connectivity index (χ1) is 9.24. The number of fused-ring (bicyclic) bond motifs is 1. The highest BCUT2D eigenvalue weighted by Gasteiger charge is 2.51. The van der Waals surface area contributed by atoms with Gasteiger partial charge in [0, 0.05) is 18.4 Å². The van der Waals surface area contributed by atoms with E-state index in [4.69, 9.17) is 4.74 Å². The summed E-state index contributed by atoms with van der Waals surface area (Å²) >= 11 is 0. The SMILES string of the molecule is CC(=O)N[C@@]1(C)C[C@@H](C(C)C)O[C@H]2[C@H](O)C(C)=CC[C@H]21. The minimum absolute atomic E-state index is 0.0172. The third-order valence-corrected chi connectivity index (χ3v) is 4.85. The summed E-state index contributed by atoms with van der Waals surface area (Å²) in [6.07, 6.45) is 2.99. The van der Waals surface area contributed by atoms with E-state index in [1.54, 1.807) is 6.92 Å². The van der Waals surface area contributed by atoms with Gasteiger partial charge in [0.1, 0.15) is 6.10 Å². The van der Waals surface area contributed by atoms with E-state index < -0.39 is 6.10 Å². The maximum Gasteiger partial charge on any atom is 0.217 e. The van der Waals surface area contributed by atoms with Crippen molar-refractivity contribution in [3.05, 3.63) is 11.6 Å². The average Bonchev–Trinajstić information content (AvgIpc) is 2.32. The summed E-state index contributed by atoms with van der Waals surface area (Å²) in [5.74, 6) is 0.471. The highest BCUT2D eigenvalue weighted by molar-refractivity contribution is 5.73. The van der Waals surface area contributed by atoms with Crippen LogP contribution < -0.4 is 5.32 Å². The van der Waals surface area contributed by atoms with Crippen LogP contribution in [0.15, 0.2) is 11.6 Å². The minimum atomic E-state index is -0.566. The number of amides is 1. The molecular weight excluding hydrogens is 254 g/mol. The number of carbonyl (C=O) groups is 1. The summed E-state index contributed by atoms with van der Waals surface area (Å²) < 4.78 is 6.17. The van der Waals surface area contributed by atoms with Crippen LogP contribution in [0.25, 0.3) is 0 Å². The zero-order chi connectivity index (χ0) is 15.1. The molecule has 1 fully saturated rings. The summed E-state index contributed by atoms with van der Waals surface area (Å²) in [5.41, 5.74) is 0.655. The predicted molar refractivity (Wildman–Crippen MR) is 78.2 cm³/mol. The van der Waals surface area contributed by atoms with Gasteiger partial charge in [-0.25, -0.2) is 0 Å². The Bertz CT molecular complexity index is 418. The molecule has 0 unspecified atom stereocenters. The Morgan fingerprint density at radius 2 is 2.20 bits per heavy atom. The number of hydrogen-bond donors (Lipinski definition) is 2. The second kappa shape index (κ2) is 5.49. The molecule has 0 saturated carbocycles. The van der Waals surface area contributed by atoms with Crippen molar-refractivity contribution in [2.45, 2.75) is 71.3 Å². The lowest BCUT2D eigenvalue weighted by Gasteiger charge is -2.52. The second-order valence-corrected chi connectivity index (χ2v) is 6.92. The van der Waals surface area contributed by atoms with E-state index in [9.17, 15) is 9.90 Å². The van der Waals surface area contributed by atoms with Crippen LogP contribution in [-0.2, 0) is 9.53 Å². The number of hydrogen-bond acceptors (Lipinski definition) is 3. The number of allylic oxidation sites excluding steroid dienone is 1. The fourth-order valence-corrected chi connectivity index (χ4v) is 3.60. The van der Waals surface area contributed by atoms with Crippen molar-refractivity contribution in [2.75, 3.05) is 0 Å². The van der Waals surface area contributed by atoms with Crippen LogP contribution >= 0.6 is 0 Å². The maximum absolute atomic E-state index is 11.6. The maximum atomic E-state index is 11.6. The van der Waals surface area contributed by atoms with Crippen molar-refractivity contribution in [1.82, 2.24) is 5.32 Å². The molecule has 4 nitrogen and oxygen atoms in total. The molecule has 0 aromatic rings.